The molecule has 0 aromatic heterocycles. The third kappa shape index (κ3) is 9.61. The van der Waals surface area contributed by atoms with Gasteiger partial charge in [0.15, 0.2) is 0 Å². The first kappa shape index (κ1) is 16.4. The molecule has 16 heavy (non-hydrogen) atoms. The van der Waals surface area contributed by atoms with Gasteiger partial charge in [-0.05, 0) is 18.8 Å². The lowest BCUT2D eigenvalue weighted by Gasteiger charge is -2.11. The zero-order chi connectivity index (χ0) is 12.4. The normalized spacial score (nSPS) is 10.2. The molecule has 0 radical (unpaired) electrons. The van der Waals surface area contributed by atoms with Gasteiger partial charge in [0.2, 0.25) is 0 Å². The molecule has 0 aliphatic carbocycles. The van der Waals surface area contributed by atoms with Gasteiger partial charge in [-0.2, -0.15) is 0 Å². The molecule has 94 valence electrons. The SMILES string of the molecule is CC(CCOC(=O)CI)CCOC(=O)CI. The first-order valence-corrected chi connectivity index (χ1v) is 8.08. The monoisotopic (exact) mass is 454 g/mol. The predicted molar refractivity (Wildman–Crippen MR) is 78.1 cm³/mol. The number of alkyl halides is 2. The van der Waals surface area contributed by atoms with E-state index in [1.807, 2.05) is 45.2 Å². The van der Waals surface area contributed by atoms with E-state index < -0.39 is 0 Å². The first-order valence-electron chi connectivity index (χ1n) is 5.03. The topological polar surface area (TPSA) is 52.6 Å². The van der Waals surface area contributed by atoms with Gasteiger partial charge < -0.3 is 9.47 Å². The average Bonchev–Trinajstić information content (AvgIpc) is 2.28. The fourth-order valence-corrected chi connectivity index (χ4v) is 1.41. The lowest BCUT2D eigenvalue weighted by molar-refractivity contribution is -0.140. The Labute approximate surface area is 123 Å². The van der Waals surface area contributed by atoms with Gasteiger partial charge in [0.05, 0.1) is 22.1 Å². The van der Waals surface area contributed by atoms with Crippen LogP contribution in [0.4, 0.5) is 0 Å². The maximum atomic E-state index is 10.8. The quantitative estimate of drug-likeness (QED) is 0.321. The molecule has 0 aliphatic rings. The largest absolute Gasteiger partial charge is 0.465 e. The zero-order valence-electron chi connectivity index (χ0n) is 9.21. The van der Waals surface area contributed by atoms with Crippen molar-refractivity contribution in [1.82, 2.24) is 0 Å². The summed E-state index contributed by atoms with van der Waals surface area (Å²) in [7, 11) is 0. The van der Waals surface area contributed by atoms with Crippen LogP contribution in [0.25, 0.3) is 0 Å². The summed E-state index contributed by atoms with van der Waals surface area (Å²) in [5.74, 6) is 0.0392. The molecule has 0 N–H and O–H groups in total. The predicted octanol–water partition coefficient (Wildman–Crippen LogP) is 2.36. The van der Waals surface area contributed by atoms with Crippen molar-refractivity contribution in [2.75, 3.05) is 22.1 Å². The molecule has 0 atom stereocenters. The summed E-state index contributed by atoms with van der Waals surface area (Å²) in [4.78, 5) is 21.7. The van der Waals surface area contributed by atoms with Crippen LogP contribution < -0.4 is 0 Å². The highest BCUT2D eigenvalue weighted by Crippen LogP contribution is 2.08. The van der Waals surface area contributed by atoms with Crippen molar-refractivity contribution in [3.8, 4) is 0 Å². The van der Waals surface area contributed by atoms with Gasteiger partial charge >= 0.3 is 11.9 Å². The molecule has 0 aliphatic heterocycles. The van der Waals surface area contributed by atoms with Crippen molar-refractivity contribution in [3.05, 3.63) is 0 Å². The molecule has 0 saturated carbocycles. The van der Waals surface area contributed by atoms with Gasteiger partial charge in [0.25, 0.3) is 0 Å². The van der Waals surface area contributed by atoms with Gasteiger partial charge in [-0.25, -0.2) is 0 Å². The van der Waals surface area contributed by atoms with E-state index in [1.54, 1.807) is 0 Å². The number of rotatable bonds is 8. The number of halogens is 2. The van der Waals surface area contributed by atoms with E-state index in [0.29, 0.717) is 28.0 Å². The van der Waals surface area contributed by atoms with Crippen molar-refractivity contribution < 1.29 is 19.1 Å². The Morgan fingerprint density at radius 1 is 1.00 bits per heavy atom. The minimum Gasteiger partial charge on any atom is -0.465 e. The number of hydrogen-bond acceptors (Lipinski definition) is 4. The lowest BCUT2D eigenvalue weighted by atomic mass is 10.1. The minimum absolute atomic E-state index is 0.177. The second-order valence-electron chi connectivity index (χ2n) is 3.39. The van der Waals surface area contributed by atoms with E-state index in [2.05, 4.69) is 6.92 Å². The summed E-state index contributed by atoms with van der Waals surface area (Å²) in [6, 6.07) is 0. The van der Waals surface area contributed by atoms with Crippen molar-refractivity contribution in [2.45, 2.75) is 19.8 Å². The fraction of sp³-hybridized carbons (Fsp3) is 0.800. The van der Waals surface area contributed by atoms with Crippen LogP contribution in [0.15, 0.2) is 0 Å². The number of carbonyl (C=O) groups is 2. The Morgan fingerprint density at radius 2 is 1.38 bits per heavy atom. The second-order valence-corrected chi connectivity index (χ2v) is 4.92. The summed E-state index contributed by atoms with van der Waals surface area (Å²) in [5.41, 5.74) is 0. The van der Waals surface area contributed by atoms with E-state index in [1.165, 1.54) is 0 Å². The van der Waals surface area contributed by atoms with Crippen molar-refractivity contribution in [3.63, 3.8) is 0 Å². The van der Waals surface area contributed by atoms with Crippen LogP contribution in [-0.2, 0) is 19.1 Å². The highest BCUT2D eigenvalue weighted by Gasteiger charge is 2.06. The van der Waals surface area contributed by atoms with Crippen LogP contribution in [0.1, 0.15) is 19.8 Å². The smallest absolute Gasteiger partial charge is 0.315 e. The van der Waals surface area contributed by atoms with Crippen LogP contribution >= 0.6 is 45.2 Å². The number of ether oxygens (including phenoxy) is 2. The molecule has 0 rings (SSSR count). The third-order valence-corrected chi connectivity index (χ3v) is 3.21. The Balaban J connectivity index is 3.41. The van der Waals surface area contributed by atoms with Gasteiger partial charge in [-0.15, -0.1) is 0 Å². The van der Waals surface area contributed by atoms with Crippen LogP contribution in [0.3, 0.4) is 0 Å². The summed E-state index contributed by atoms with van der Waals surface area (Å²) < 4.78 is 10.7. The molecule has 0 amide bonds. The van der Waals surface area contributed by atoms with Crippen molar-refractivity contribution in [2.24, 2.45) is 5.92 Å². The van der Waals surface area contributed by atoms with E-state index in [4.69, 9.17) is 9.47 Å². The highest BCUT2D eigenvalue weighted by atomic mass is 127. The summed E-state index contributed by atoms with van der Waals surface area (Å²) in [6.07, 6.45) is 1.62. The number of hydrogen-bond donors (Lipinski definition) is 0. The molecule has 0 aromatic carbocycles. The molecule has 0 fully saturated rings. The lowest BCUT2D eigenvalue weighted by Crippen LogP contribution is -2.12. The zero-order valence-corrected chi connectivity index (χ0v) is 13.5. The molecule has 0 unspecified atom stereocenters. The molecular weight excluding hydrogens is 438 g/mol. The van der Waals surface area contributed by atoms with E-state index in [9.17, 15) is 9.59 Å². The van der Waals surface area contributed by atoms with Crippen LogP contribution in [0, 0.1) is 5.92 Å². The van der Waals surface area contributed by atoms with Crippen LogP contribution in [0.2, 0.25) is 0 Å². The van der Waals surface area contributed by atoms with Gasteiger partial charge in [0, 0.05) is 0 Å². The molecule has 6 heteroatoms. The maximum absolute atomic E-state index is 10.8. The van der Waals surface area contributed by atoms with Crippen molar-refractivity contribution in [1.29, 1.82) is 0 Å². The van der Waals surface area contributed by atoms with E-state index in [-0.39, 0.29) is 11.9 Å². The Morgan fingerprint density at radius 3 is 1.69 bits per heavy atom. The molecule has 4 nitrogen and oxygen atoms in total. The molecule has 0 heterocycles. The molecule has 0 spiro atoms. The number of carbonyl (C=O) groups excluding carboxylic acids is 2. The second kappa shape index (κ2) is 10.5. The molecule has 0 aromatic rings. The standard InChI is InChI=1S/C10H16I2O4/c1-8(2-4-15-9(13)6-11)3-5-16-10(14)7-12/h8H,2-7H2,1H3. The Hall–Kier alpha value is 0.400. The molecule has 0 saturated heterocycles. The average molecular weight is 454 g/mol. The highest BCUT2D eigenvalue weighted by molar-refractivity contribution is 14.1. The van der Waals surface area contributed by atoms with Gasteiger partial charge in [-0.3, -0.25) is 9.59 Å². The van der Waals surface area contributed by atoms with Crippen LogP contribution in [-0.4, -0.2) is 34.0 Å². The van der Waals surface area contributed by atoms with Gasteiger partial charge in [0.1, 0.15) is 0 Å². The first-order chi connectivity index (χ1) is 7.60. The van der Waals surface area contributed by atoms with E-state index in [0.717, 1.165) is 12.8 Å². The fourth-order valence-electron chi connectivity index (χ4n) is 0.969. The molecular formula is C10H16I2O4. The third-order valence-electron chi connectivity index (χ3n) is 1.97. The van der Waals surface area contributed by atoms with E-state index >= 15 is 0 Å². The van der Waals surface area contributed by atoms with Crippen molar-refractivity contribution >= 4 is 57.1 Å². The summed E-state index contributed by atoms with van der Waals surface area (Å²) >= 11 is 3.94. The van der Waals surface area contributed by atoms with Gasteiger partial charge in [-0.1, -0.05) is 52.1 Å². The maximum Gasteiger partial charge on any atom is 0.315 e. The Kier molecular flexibility index (Phi) is 10.8. The summed E-state index contributed by atoms with van der Waals surface area (Å²) in [5, 5.41) is 0. The molecule has 0 bridgehead atoms. The Bertz CT molecular complexity index is 199. The van der Waals surface area contributed by atoms with Crippen LogP contribution in [0.5, 0.6) is 0 Å². The summed E-state index contributed by atoms with van der Waals surface area (Å²) in [6.45, 7) is 2.95. The minimum atomic E-state index is -0.177. The number of esters is 2.